The Bertz CT molecular complexity index is 781. The summed E-state index contributed by atoms with van der Waals surface area (Å²) in [6.45, 7) is 6.67. The molecule has 6 N–H and O–H groups in total. The minimum atomic E-state index is -9.86. The van der Waals surface area contributed by atoms with Crippen LogP contribution in [0.25, 0.3) is 0 Å². The first-order valence-corrected chi connectivity index (χ1v) is 13.0. The van der Waals surface area contributed by atoms with Gasteiger partial charge in [0.15, 0.2) is 0 Å². The average molecular weight is 620 g/mol. The minimum Gasteiger partial charge on any atom is -0.370 e. The number of rotatable bonds is 8. The maximum absolute atomic E-state index is 12.8. The Morgan fingerprint density at radius 3 is 1.97 bits per heavy atom. The second kappa shape index (κ2) is 11.9. The normalized spacial score (nSPS) is 17.3. The van der Waals surface area contributed by atoms with Crippen molar-refractivity contribution in [2.75, 3.05) is 19.7 Å². The molecule has 1 aliphatic rings. The van der Waals surface area contributed by atoms with E-state index in [0.717, 1.165) is 0 Å². The molecule has 1 saturated heterocycles. The van der Waals surface area contributed by atoms with E-state index in [4.69, 9.17) is 9.94 Å². The Kier molecular flexibility index (Phi) is 11.5. The number of carbonyl (C=O) groups excluding carboxylic acids is 2. The molecule has 0 aromatic heterocycles. The van der Waals surface area contributed by atoms with Crippen molar-refractivity contribution in [3.63, 3.8) is 0 Å². The van der Waals surface area contributed by atoms with Gasteiger partial charge in [0.2, 0.25) is 0 Å². The molecule has 1 unspecified atom stereocenters. The molecule has 0 aliphatic carbocycles. The lowest BCUT2D eigenvalue weighted by atomic mass is 9.86. The Hall–Kier alpha value is -1.27. The van der Waals surface area contributed by atoms with Crippen LogP contribution in [0.1, 0.15) is 44.0 Å². The monoisotopic (exact) mass is 620 g/mol. The molecular formula is C18H30F5IN4O4S. The maximum atomic E-state index is 12.8. The summed E-state index contributed by atoms with van der Waals surface area (Å²) in [7, 11) is -9.86. The van der Waals surface area contributed by atoms with E-state index in [2.05, 4.69) is 28.4 Å². The molecule has 15 heteroatoms. The highest BCUT2D eigenvalue weighted by Gasteiger charge is 2.65. The van der Waals surface area contributed by atoms with Crippen molar-refractivity contribution in [3.05, 3.63) is 29.8 Å². The summed E-state index contributed by atoms with van der Waals surface area (Å²) < 4.78 is 73.9. The number of halogens is 6. The Morgan fingerprint density at radius 1 is 1.15 bits per heavy atom. The van der Waals surface area contributed by atoms with E-state index in [1.54, 1.807) is 22.9 Å². The molecule has 1 fully saturated rings. The van der Waals surface area contributed by atoms with Crippen LogP contribution in [0.3, 0.4) is 0 Å². The number of ether oxygens (including phenoxy) is 1. The highest BCUT2D eigenvalue weighted by molar-refractivity contribution is 14.1. The van der Waals surface area contributed by atoms with E-state index in [1.807, 2.05) is 6.92 Å². The van der Waals surface area contributed by atoms with Crippen LogP contribution in [0.5, 0.6) is 0 Å². The molecule has 8 nitrogen and oxygen atoms in total. The van der Waals surface area contributed by atoms with E-state index in [-0.39, 0.29) is 37.4 Å². The van der Waals surface area contributed by atoms with E-state index < -0.39 is 38.6 Å². The van der Waals surface area contributed by atoms with Crippen LogP contribution in [-0.4, -0.2) is 48.4 Å². The molecule has 194 valence electrons. The summed E-state index contributed by atoms with van der Waals surface area (Å²) in [6.07, 6.45) is 1.86. The fourth-order valence-electron chi connectivity index (χ4n) is 2.64. The van der Waals surface area contributed by atoms with Crippen molar-refractivity contribution in [3.8, 4) is 0 Å². The van der Waals surface area contributed by atoms with Gasteiger partial charge in [-0.25, -0.2) is 5.48 Å². The summed E-state index contributed by atoms with van der Waals surface area (Å²) in [5.74, 6) is -1.98. The lowest BCUT2D eigenvalue weighted by molar-refractivity contribution is -0.149. The van der Waals surface area contributed by atoms with Crippen molar-refractivity contribution in [2.24, 2.45) is 3.95 Å². The van der Waals surface area contributed by atoms with Gasteiger partial charge in [-0.2, -0.15) is 0 Å². The van der Waals surface area contributed by atoms with Crippen molar-refractivity contribution < 1.29 is 39.0 Å². The third kappa shape index (κ3) is 9.48. The predicted molar refractivity (Wildman–Crippen MR) is 125 cm³/mol. The topological polar surface area (TPSA) is 126 Å². The van der Waals surface area contributed by atoms with Crippen molar-refractivity contribution in [1.29, 1.82) is 0 Å². The van der Waals surface area contributed by atoms with E-state index in [1.165, 1.54) is 11.9 Å². The maximum Gasteiger partial charge on any atom is 0.310 e. The molecular weight excluding hydrogens is 590 g/mol. The highest BCUT2D eigenvalue weighted by atomic mass is 127. The van der Waals surface area contributed by atoms with Crippen LogP contribution in [-0.2, 0) is 9.53 Å². The quantitative estimate of drug-likeness (QED) is 0.0964. The van der Waals surface area contributed by atoms with Crippen molar-refractivity contribution in [2.45, 2.75) is 50.2 Å². The summed E-state index contributed by atoms with van der Waals surface area (Å²) in [6, 6.07) is -0.00457. The standard InChI is InChI=1S/C15H20F5N3O4S.C3H8.H2IN/c1-2-7-27-15(8-21-9-15)12(14(25)23-26)22-13(24)10-3-5-11(6-4-10)28(16,17,18,19)20;1-3-2;1-2/h3-6,12,21,26H,2,7-9H2,1H3,(H,22,24)(H,23,25);3H2,1-2H3;2H2. The third-order valence-electron chi connectivity index (χ3n) is 4.18. The number of benzene rings is 1. The van der Waals surface area contributed by atoms with Gasteiger partial charge < -0.3 is 15.4 Å². The van der Waals surface area contributed by atoms with Crippen LogP contribution in [0.4, 0.5) is 19.4 Å². The third-order valence-corrected chi connectivity index (χ3v) is 5.34. The molecule has 33 heavy (non-hydrogen) atoms. The molecule has 1 aromatic rings. The van der Waals surface area contributed by atoms with Gasteiger partial charge in [-0.05, 0) is 30.7 Å². The number of hydrogen-bond acceptors (Lipinski definition) is 6. The molecule has 0 saturated carbocycles. The van der Waals surface area contributed by atoms with Crippen LogP contribution < -0.4 is 20.1 Å². The van der Waals surface area contributed by atoms with Crippen LogP contribution >= 0.6 is 33.1 Å². The number of nitrogens with two attached hydrogens (primary N) is 1. The van der Waals surface area contributed by atoms with Gasteiger partial charge in [-0.3, -0.25) is 18.7 Å². The van der Waals surface area contributed by atoms with Crippen molar-refractivity contribution in [1.82, 2.24) is 16.1 Å². The number of nitrogens with one attached hydrogen (secondary N) is 3. The minimum absolute atomic E-state index is 0.103. The first-order chi connectivity index (χ1) is 15.1. The number of carbonyl (C=O) groups is 2. The number of hydroxylamine groups is 1. The van der Waals surface area contributed by atoms with Crippen LogP contribution in [0, 0.1) is 0 Å². The molecule has 1 aromatic carbocycles. The molecule has 0 spiro atoms. The molecule has 1 atom stereocenters. The zero-order valence-electron chi connectivity index (χ0n) is 18.3. The smallest absolute Gasteiger partial charge is 0.310 e. The Labute approximate surface area is 203 Å². The van der Waals surface area contributed by atoms with E-state index >= 15 is 0 Å². The first-order valence-electron chi connectivity index (χ1n) is 9.79. The lowest BCUT2D eigenvalue weighted by Gasteiger charge is -2.46. The van der Waals surface area contributed by atoms with E-state index in [0.29, 0.717) is 18.6 Å². The summed E-state index contributed by atoms with van der Waals surface area (Å²) in [5, 5.41) is 14.1. The fourth-order valence-corrected chi connectivity index (χ4v) is 3.30. The summed E-state index contributed by atoms with van der Waals surface area (Å²) in [4.78, 5) is 22.2. The zero-order valence-corrected chi connectivity index (χ0v) is 21.3. The van der Waals surface area contributed by atoms with Crippen LogP contribution in [0.15, 0.2) is 29.2 Å². The van der Waals surface area contributed by atoms with Gasteiger partial charge in [-0.15, -0.1) is 0 Å². The number of hydrogen-bond donors (Lipinski definition) is 5. The van der Waals surface area contributed by atoms with Gasteiger partial charge in [0.1, 0.15) is 16.5 Å². The molecule has 0 radical (unpaired) electrons. The highest BCUT2D eigenvalue weighted by Crippen LogP contribution is 3.02. The van der Waals surface area contributed by atoms with Gasteiger partial charge in [-0.1, -0.05) is 46.6 Å². The molecule has 1 aliphatic heterocycles. The second-order valence-electron chi connectivity index (χ2n) is 7.10. The predicted octanol–water partition coefficient (Wildman–Crippen LogP) is 4.43. The van der Waals surface area contributed by atoms with Gasteiger partial charge in [0.05, 0.1) is 0 Å². The number of amides is 2. The Balaban J connectivity index is 0.00000189. The molecule has 2 amide bonds. The second-order valence-corrected chi connectivity index (χ2v) is 9.51. The summed E-state index contributed by atoms with van der Waals surface area (Å²) >= 11 is 1.65. The van der Waals surface area contributed by atoms with Crippen molar-refractivity contribution >= 4 is 44.9 Å². The SMILES string of the molecule is CCC.CCCOC1(C(NC(=O)c2ccc(S(F)(F)(F)(F)F)cc2)C(=O)NO)CNC1.NI. The zero-order chi connectivity index (χ0) is 26.0. The Morgan fingerprint density at radius 2 is 1.64 bits per heavy atom. The largest absolute Gasteiger partial charge is 0.370 e. The molecule has 1 heterocycles. The molecule has 2 rings (SSSR count). The lowest BCUT2D eigenvalue weighted by Crippen LogP contribution is -2.74. The van der Waals surface area contributed by atoms with Crippen LogP contribution in [0.2, 0.25) is 0 Å². The average Bonchev–Trinajstić information content (AvgIpc) is 2.72. The first kappa shape index (κ1) is 31.7. The molecule has 0 bridgehead atoms. The van der Waals surface area contributed by atoms with Gasteiger partial charge in [0.25, 0.3) is 11.8 Å². The van der Waals surface area contributed by atoms with Gasteiger partial charge >= 0.3 is 10.2 Å². The van der Waals surface area contributed by atoms with E-state index in [9.17, 15) is 29.0 Å². The fraction of sp³-hybridized carbons (Fsp3) is 0.556. The summed E-state index contributed by atoms with van der Waals surface area (Å²) in [5.41, 5.74) is -0.134. The van der Waals surface area contributed by atoms with Gasteiger partial charge in [0, 0.05) is 48.1 Å².